The predicted octanol–water partition coefficient (Wildman–Crippen LogP) is 6.70. The molecule has 0 fully saturated rings. The first-order valence-electron chi connectivity index (χ1n) is 11.9. The van der Waals surface area contributed by atoms with Gasteiger partial charge in [-0.1, -0.05) is 47.5 Å². The molecule has 0 saturated carbocycles. The van der Waals surface area contributed by atoms with Crippen molar-refractivity contribution in [2.75, 3.05) is 5.32 Å². The summed E-state index contributed by atoms with van der Waals surface area (Å²) < 4.78 is 45.2. The van der Waals surface area contributed by atoms with E-state index in [2.05, 4.69) is 5.32 Å². The van der Waals surface area contributed by atoms with Crippen LogP contribution < -0.4 is 9.50 Å². The zero-order valence-corrected chi connectivity index (χ0v) is 23.4. The van der Waals surface area contributed by atoms with Gasteiger partial charge in [0.25, 0.3) is 5.91 Å². The topological polar surface area (TPSA) is 92.8 Å². The highest BCUT2D eigenvalue weighted by molar-refractivity contribution is 7.87. The number of halogens is 3. The first-order chi connectivity index (χ1) is 19.0. The summed E-state index contributed by atoms with van der Waals surface area (Å²) in [5, 5.41) is 3.10. The molecule has 40 heavy (non-hydrogen) atoms. The highest BCUT2D eigenvalue weighted by atomic mass is 35.5. The second kappa shape index (κ2) is 12.5. The van der Waals surface area contributed by atoms with Gasteiger partial charge in [-0.15, -0.1) is 0 Å². The number of carbonyl (C=O) groups excluding carboxylic acids is 2. The summed E-state index contributed by atoms with van der Waals surface area (Å²) in [7, 11) is -4.29. The van der Waals surface area contributed by atoms with Crippen LogP contribution in [0.25, 0.3) is 0 Å². The van der Waals surface area contributed by atoms with Gasteiger partial charge in [-0.2, -0.15) is 8.42 Å². The Bertz CT molecular complexity index is 1650. The number of rotatable bonds is 9. The molecule has 2 amide bonds. The zero-order valence-electron chi connectivity index (χ0n) is 21.1. The first kappa shape index (κ1) is 29.1. The molecule has 1 N–H and O–H groups in total. The number of hydrogen-bond donors (Lipinski definition) is 1. The van der Waals surface area contributed by atoms with E-state index in [1.54, 1.807) is 36.4 Å². The van der Waals surface area contributed by atoms with Gasteiger partial charge in [0, 0.05) is 29.7 Å². The number of amides is 2. The van der Waals surface area contributed by atoms with Gasteiger partial charge in [-0.25, -0.2) is 4.39 Å². The molecule has 0 unspecified atom stereocenters. The van der Waals surface area contributed by atoms with Crippen molar-refractivity contribution in [1.29, 1.82) is 0 Å². The van der Waals surface area contributed by atoms with Crippen molar-refractivity contribution in [2.45, 2.75) is 24.9 Å². The Balaban J connectivity index is 1.67. The van der Waals surface area contributed by atoms with Crippen LogP contribution in [0.5, 0.6) is 5.75 Å². The van der Waals surface area contributed by atoms with Crippen molar-refractivity contribution in [3.05, 3.63) is 124 Å². The average molecular weight is 601 g/mol. The molecule has 4 aromatic rings. The Labute approximate surface area is 241 Å². The summed E-state index contributed by atoms with van der Waals surface area (Å²) in [4.78, 5) is 26.1. The van der Waals surface area contributed by atoms with E-state index in [1.165, 1.54) is 66.4 Å². The molecule has 0 radical (unpaired) electrons. The second-order valence-electron chi connectivity index (χ2n) is 8.76. The lowest BCUT2D eigenvalue weighted by Crippen LogP contribution is -2.30. The third-order valence-electron chi connectivity index (χ3n) is 5.72. The summed E-state index contributed by atoms with van der Waals surface area (Å²) >= 11 is 12.5. The molecular formula is C29H23Cl2FN2O5S. The van der Waals surface area contributed by atoms with Crippen molar-refractivity contribution in [1.82, 2.24) is 4.90 Å². The standard InChI is InChI=1S/C29H23Cl2FN2O5S/c1-19(35)33-24-11-13-25(14-12-24)40(37,38)39-28-15-8-22(30)16-21(28)18-34(17-20-6-9-23(32)10-7-20)29(36)26-4-2-3-5-27(26)31/h2-16H,17-18H2,1H3,(H,33,35). The Morgan fingerprint density at radius 2 is 1.57 bits per heavy atom. The third kappa shape index (κ3) is 7.38. The van der Waals surface area contributed by atoms with Gasteiger partial charge >= 0.3 is 10.1 Å². The Morgan fingerprint density at radius 3 is 2.23 bits per heavy atom. The number of carbonyl (C=O) groups is 2. The van der Waals surface area contributed by atoms with E-state index in [4.69, 9.17) is 27.4 Å². The van der Waals surface area contributed by atoms with Gasteiger partial charge in [-0.3, -0.25) is 9.59 Å². The minimum atomic E-state index is -4.29. The Morgan fingerprint density at radius 1 is 0.900 bits per heavy atom. The molecule has 206 valence electrons. The van der Waals surface area contributed by atoms with Crippen LogP contribution in [0, 0.1) is 5.82 Å². The highest BCUT2D eigenvalue weighted by Crippen LogP contribution is 2.29. The summed E-state index contributed by atoms with van der Waals surface area (Å²) in [6.07, 6.45) is 0. The number of anilines is 1. The van der Waals surface area contributed by atoms with Crippen LogP contribution in [0.4, 0.5) is 10.1 Å². The van der Waals surface area contributed by atoms with E-state index in [-0.39, 0.29) is 40.2 Å². The summed E-state index contributed by atoms with van der Waals surface area (Å²) in [6.45, 7) is 1.30. The van der Waals surface area contributed by atoms with E-state index < -0.39 is 21.8 Å². The number of nitrogens with one attached hydrogen (secondary N) is 1. The van der Waals surface area contributed by atoms with Gasteiger partial charge in [0.2, 0.25) is 5.91 Å². The molecule has 0 heterocycles. The average Bonchev–Trinajstić information content (AvgIpc) is 2.91. The Hall–Kier alpha value is -3.92. The molecule has 0 saturated heterocycles. The van der Waals surface area contributed by atoms with Crippen LogP contribution in [0.3, 0.4) is 0 Å². The minimum absolute atomic E-state index is 0.0357. The van der Waals surface area contributed by atoms with E-state index in [1.807, 2.05) is 0 Å². The summed E-state index contributed by atoms with van der Waals surface area (Å²) in [6, 6.07) is 22.0. The lowest BCUT2D eigenvalue weighted by molar-refractivity contribution is -0.114. The lowest BCUT2D eigenvalue weighted by atomic mass is 10.1. The molecule has 11 heteroatoms. The third-order valence-corrected chi connectivity index (χ3v) is 7.54. The summed E-state index contributed by atoms with van der Waals surface area (Å²) in [5.74, 6) is -1.19. The fourth-order valence-corrected chi connectivity index (χ4v) is 5.22. The molecule has 4 rings (SSSR count). The number of hydrogen-bond acceptors (Lipinski definition) is 5. The minimum Gasteiger partial charge on any atom is -0.379 e. The van der Waals surface area contributed by atoms with Gasteiger partial charge in [0.15, 0.2) is 0 Å². The van der Waals surface area contributed by atoms with Gasteiger partial charge in [-0.05, 0) is 72.3 Å². The summed E-state index contributed by atoms with van der Waals surface area (Å²) in [5.41, 5.74) is 1.61. The second-order valence-corrected chi connectivity index (χ2v) is 11.2. The van der Waals surface area contributed by atoms with Gasteiger partial charge < -0.3 is 14.4 Å². The van der Waals surface area contributed by atoms with Crippen LogP contribution >= 0.6 is 23.2 Å². The molecule has 0 spiro atoms. The number of benzene rings is 4. The van der Waals surface area contributed by atoms with Crippen molar-refractivity contribution in [3.8, 4) is 5.75 Å². The predicted molar refractivity (Wildman–Crippen MR) is 151 cm³/mol. The van der Waals surface area contributed by atoms with Crippen LogP contribution in [-0.2, 0) is 28.0 Å². The van der Waals surface area contributed by atoms with Crippen LogP contribution in [0.1, 0.15) is 28.4 Å². The molecule has 7 nitrogen and oxygen atoms in total. The highest BCUT2D eigenvalue weighted by Gasteiger charge is 2.24. The SMILES string of the molecule is CC(=O)Nc1ccc(S(=O)(=O)Oc2ccc(Cl)cc2CN(Cc2ccc(F)cc2)C(=O)c2ccccc2Cl)cc1. The Kier molecular flexibility index (Phi) is 9.09. The molecule has 0 aliphatic heterocycles. The van der Waals surface area contributed by atoms with Crippen molar-refractivity contribution >= 4 is 50.8 Å². The van der Waals surface area contributed by atoms with Crippen molar-refractivity contribution in [2.24, 2.45) is 0 Å². The molecule has 0 bridgehead atoms. The molecule has 0 aliphatic rings. The van der Waals surface area contributed by atoms with E-state index in [0.717, 1.165) is 0 Å². The van der Waals surface area contributed by atoms with Crippen LogP contribution in [0.15, 0.2) is 95.9 Å². The molecule has 4 aromatic carbocycles. The van der Waals surface area contributed by atoms with E-state index in [9.17, 15) is 22.4 Å². The smallest absolute Gasteiger partial charge is 0.339 e. The first-order valence-corrected chi connectivity index (χ1v) is 14.1. The quantitative estimate of drug-likeness (QED) is 0.216. The van der Waals surface area contributed by atoms with Gasteiger partial charge in [0.05, 0.1) is 17.1 Å². The maximum absolute atomic E-state index is 13.6. The number of nitrogens with zero attached hydrogens (tertiary/aromatic N) is 1. The molecule has 0 aliphatic carbocycles. The van der Waals surface area contributed by atoms with Crippen LogP contribution in [0.2, 0.25) is 10.0 Å². The monoisotopic (exact) mass is 600 g/mol. The van der Waals surface area contributed by atoms with Crippen molar-refractivity contribution in [3.63, 3.8) is 0 Å². The molecular weight excluding hydrogens is 578 g/mol. The maximum Gasteiger partial charge on any atom is 0.339 e. The fourth-order valence-electron chi connectivity index (χ4n) is 3.85. The van der Waals surface area contributed by atoms with E-state index >= 15 is 0 Å². The lowest BCUT2D eigenvalue weighted by Gasteiger charge is -2.25. The maximum atomic E-state index is 13.6. The van der Waals surface area contributed by atoms with Crippen molar-refractivity contribution < 1.29 is 26.6 Å². The fraction of sp³-hybridized carbons (Fsp3) is 0.103. The van der Waals surface area contributed by atoms with Crippen LogP contribution in [-0.4, -0.2) is 25.1 Å². The zero-order chi connectivity index (χ0) is 28.9. The van der Waals surface area contributed by atoms with Gasteiger partial charge in [0.1, 0.15) is 16.5 Å². The molecule has 0 aromatic heterocycles. The molecule has 0 atom stereocenters. The van der Waals surface area contributed by atoms with E-state index in [0.29, 0.717) is 21.8 Å². The normalized spacial score (nSPS) is 11.1. The largest absolute Gasteiger partial charge is 0.379 e.